The molecule has 0 amide bonds. The Bertz CT molecular complexity index is 847. The van der Waals surface area contributed by atoms with E-state index in [0.29, 0.717) is 11.8 Å². The summed E-state index contributed by atoms with van der Waals surface area (Å²) in [6.45, 7) is 1.99. The van der Waals surface area contributed by atoms with Crippen molar-refractivity contribution in [3.8, 4) is 0 Å². The van der Waals surface area contributed by atoms with E-state index in [2.05, 4.69) is 20.5 Å². The van der Waals surface area contributed by atoms with Gasteiger partial charge in [-0.25, -0.2) is 14.4 Å². The number of nitrogens with one attached hydrogen (secondary N) is 1. The SMILES string of the molecule is CN/N=C/c1cnc(Sc2nc(C)cs2)s1.O=Cc1cccc(F)c1. The van der Waals surface area contributed by atoms with E-state index in [4.69, 9.17) is 0 Å². The summed E-state index contributed by atoms with van der Waals surface area (Å²) in [5, 5.41) is 5.98. The van der Waals surface area contributed by atoms with E-state index in [0.717, 1.165) is 19.3 Å². The van der Waals surface area contributed by atoms with E-state index >= 15 is 0 Å². The van der Waals surface area contributed by atoms with Crippen LogP contribution in [0.3, 0.4) is 0 Å². The summed E-state index contributed by atoms with van der Waals surface area (Å²) in [4.78, 5) is 19.7. The van der Waals surface area contributed by atoms with Gasteiger partial charge in [-0.2, -0.15) is 5.10 Å². The molecule has 0 bridgehead atoms. The van der Waals surface area contributed by atoms with Crippen LogP contribution in [0.1, 0.15) is 20.9 Å². The number of thiazole rings is 2. The largest absolute Gasteiger partial charge is 0.313 e. The lowest BCUT2D eigenvalue weighted by Crippen LogP contribution is -1.93. The highest BCUT2D eigenvalue weighted by Gasteiger charge is 2.05. The van der Waals surface area contributed by atoms with Crippen molar-refractivity contribution >= 4 is 46.9 Å². The Hall–Kier alpha value is -2.10. The van der Waals surface area contributed by atoms with Crippen LogP contribution in [-0.2, 0) is 0 Å². The number of rotatable bonds is 5. The topological polar surface area (TPSA) is 67.2 Å². The molecule has 0 aliphatic rings. The molecule has 0 radical (unpaired) electrons. The van der Waals surface area contributed by atoms with Crippen LogP contribution in [0.15, 0.2) is 49.6 Å². The molecule has 0 saturated carbocycles. The Labute approximate surface area is 157 Å². The van der Waals surface area contributed by atoms with Crippen molar-refractivity contribution in [2.24, 2.45) is 5.10 Å². The molecule has 3 aromatic rings. The summed E-state index contributed by atoms with van der Waals surface area (Å²) in [6.07, 6.45) is 4.19. The lowest BCUT2D eigenvalue weighted by molar-refractivity contribution is 0.112. The smallest absolute Gasteiger partial charge is 0.157 e. The number of nitrogens with zero attached hydrogens (tertiary/aromatic N) is 3. The first-order valence-electron chi connectivity index (χ1n) is 7.07. The highest BCUT2D eigenvalue weighted by molar-refractivity contribution is 8.02. The molecular formula is C16H15FN4OS3. The van der Waals surface area contributed by atoms with Crippen molar-refractivity contribution in [1.82, 2.24) is 15.4 Å². The van der Waals surface area contributed by atoms with E-state index in [1.54, 1.807) is 53.8 Å². The first kappa shape index (κ1) is 19.2. The molecule has 130 valence electrons. The van der Waals surface area contributed by atoms with Crippen LogP contribution in [0, 0.1) is 12.7 Å². The molecule has 0 saturated heterocycles. The van der Waals surface area contributed by atoms with Gasteiger partial charge in [-0.05, 0) is 30.8 Å². The van der Waals surface area contributed by atoms with Gasteiger partial charge in [0, 0.05) is 29.9 Å². The van der Waals surface area contributed by atoms with Crippen LogP contribution in [0.5, 0.6) is 0 Å². The van der Waals surface area contributed by atoms with Gasteiger partial charge in [0.2, 0.25) is 0 Å². The third-order valence-corrected chi connectivity index (χ3v) is 5.64. The molecule has 0 spiro atoms. The van der Waals surface area contributed by atoms with E-state index in [1.807, 2.05) is 18.5 Å². The molecule has 0 aliphatic carbocycles. The molecule has 0 unspecified atom stereocenters. The third-order valence-electron chi connectivity index (χ3n) is 2.58. The Morgan fingerprint density at radius 2 is 2.20 bits per heavy atom. The molecular weight excluding hydrogens is 379 g/mol. The summed E-state index contributed by atoms with van der Waals surface area (Å²) >= 11 is 4.85. The zero-order valence-electron chi connectivity index (χ0n) is 13.5. The lowest BCUT2D eigenvalue weighted by Gasteiger charge is -1.88. The summed E-state index contributed by atoms with van der Waals surface area (Å²) in [6, 6.07) is 5.54. The number of halogens is 1. The summed E-state index contributed by atoms with van der Waals surface area (Å²) in [5.74, 6) is -0.375. The number of aryl methyl sites for hydroxylation is 1. The average Bonchev–Trinajstić information content (AvgIpc) is 3.22. The van der Waals surface area contributed by atoms with E-state index in [9.17, 15) is 9.18 Å². The molecule has 0 atom stereocenters. The molecule has 2 heterocycles. The van der Waals surface area contributed by atoms with Gasteiger partial charge in [-0.15, -0.1) is 22.7 Å². The van der Waals surface area contributed by atoms with Crippen LogP contribution in [0.25, 0.3) is 0 Å². The van der Waals surface area contributed by atoms with Crippen LogP contribution in [0.4, 0.5) is 4.39 Å². The van der Waals surface area contributed by atoms with E-state index in [-0.39, 0.29) is 5.82 Å². The van der Waals surface area contributed by atoms with Gasteiger partial charge in [0.25, 0.3) is 0 Å². The second-order valence-electron chi connectivity index (χ2n) is 4.54. The maximum atomic E-state index is 12.2. The number of aromatic nitrogens is 2. The van der Waals surface area contributed by atoms with Gasteiger partial charge in [-0.1, -0.05) is 12.1 Å². The van der Waals surface area contributed by atoms with Gasteiger partial charge < -0.3 is 5.43 Å². The predicted molar refractivity (Wildman–Crippen MR) is 102 cm³/mol. The fourth-order valence-electron chi connectivity index (χ4n) is 1.54. The monoisotopic (exact) mass is 394 g/mol. The van der Waals surface area contributed by atoms with Crippen molar-refractivity contribution in [2.45, 2.75) is 15.6 Å². The maximum Gasteiger partial charge on any atom is 0.157 e. The van der Waals surface area contributed by atoms with Gasteiger partial charge in [0.15, 0.2) is 8.68 Å². The molecule has 0 fully saturated rings. The number of benzene rings is 1. The predicted octanol–water partition coefficient (Wildman–Crippen LogP) is 4.25. The number of carbonyl (C=O) groups is 1. The maximum absolute atomic E-state index is 12.2. The first-order valence-corrected chi connectivity index (χ1v) is 9.58. The summed E-state index contributed by atoms with van der Waals surface area (Å²) < 4.78 is 14.2. The number of hydrogen-bond donors (Lipinski definition) is 1. The normalized spacial score (nSPS) is 10.4. The average molecular weight is 395 g/mol. The Kier molecular flexibility index (Phi) is 7.71. The summed E-state index contributed by atoms with van der Waals surface area (Å²) in [7, 11) is 1.77. The Morgan fingerprint density at radius 1 is 1.36 bits per heavy atom. The molecule has 3 rings (SSSR count). The second-order valence-corrected chi connectivity index (χ2v) is 7.95. The van der Waals surface area contributed by atoms with Gasteiger partial charge in [-0.3, -0.25) is 4.79 Å². The number of hydrazone groups is 1. The Morgan fingerprint density at radius 3 is 2.80 bits per heavy atom. The molecule has 5 nitrogen and oxygen atoms in total. The molecule has 1 aromatic carbocycles. The second kappa shape index (κ2) is 10.0. The Balaban J connectivity index is 0.000000212. The van der Waals surface area contributed by atoms with Crippen molar-refractivity contribution in [3.63, 3.8) is 0 Å². The molecule has 0 aliphatic heterocycles. The van der Waals surface area contributed by atoms with E-state index in [1.165, 1.54) is 18.2 Å². The van der Waals surface area contributed by atoms with Crippen molar-refractivity contribution in [2.75, 3.05) is 7.05 Å². The number of aldehydes is 1. The molecule has 9 heteroatoms. The van der Waals surface area contributed by atoms with Crippen molar-refractivity contribution < 1.29 is 9.18 Å². The van der Waals surface area contributed by atoms with E-state index < -0.39 is 0 Å². The zero-order chi connectivity index (χ0) is 18.1. The number of carbonyl (C=O) groups excluding carboxylic acids is 1. The summed E-state index contributed by atoms with van der Waals surface area (Å²) in [5.41, 5.74) is 4.14. The van der Waals surface area contributed by atoms with Gasteiger partial charge >= 0.3 is 0 Å². The highest BCUT2D eigenvalue weighted by Crippen LogP contribution is 2.32. The first-order chi connectivity index (χ1) is 12.1. The van der Waals surface area contributed by atoms with Crippen LogP contribution in [-0.4, -0.2) is 29.5 Å². The standard InChI is InChI=1S/C9H10N4S3.C7H5FO/c1-6-5-14-9(13-6)16-8-11-3-7(15-8)4-12-10-2;8-7-3-1-2-6(4-7)5-9/h3-5,10H,1-2H3;1-5H/b12-4+;. The van der Waals surface area contributed by atoms with Crippen molar-refractivity contribution in [1.29, 1.82) is 0 Å². The third kappa shape index (κ3) is 6.73. The van der Waals surface area contributed by atoms with Crippen molar-refractivity contribution in [3.05, 3.63) is 57.8 Å². The quantitative estimate of drug-likeness (QED) is 0.398. The lowest BCUT2D eigenvalue weighted by atomic mass is 10.2. The number of hydrogen-bond acceptors (Lipinski definition) is 8. The highest BCUT2D eigenvalue weighted by atomic mass is 32.2. The molecule has 2 aromatic heterocycles. The van der Waals surface area contributed by atoms with Crippen LogP contribution < -0.4 is 5.43 Å². The molecule has 1 N–H and O–H groups in total. The minimum atomic E-state index is -0.375. The van der Waals surface area contributed by atoms with Gasteiger partial charge in [0.1, 0.15) is 12.1 Å². The minimum absolute atomic E-state index is 0.370. The minimum Gasteiger partial charge on any atom is -0.313 e. The van der Waals surface area contributed by atoms with Crippen LogP contribution >= 0.6 is 34.4 Å². The zero-order valence-corrected chi connectivity index (χ0v) is 15.9. The van der Waals surface area contributed by atoms with Gasteiger partial charge in [0.05, 0.1) is 11.1 Å². The fraction of sp³-hybridized carbons (Fsp3) is 0.125. The fourth-order valence-corrected chi connectivity index (χ4v) is 4.45. The van der Waals surface area contributed by atoms with Crippen LogP contribution in [0.2, 0.25) is 0 Å². The molecule has 25 heavy (non-hydrogen) atoms.